The van der Waals surface area contributed by atoms with Crippen molar-refractivity contribution in [2.45, 2.75) is 19.6 Å². The molecular formula is C35H25ClN4O3S. The van der Waals surface area contributed by atoms with Crippen LogP contribution >= 0.6 is 22.9 Å². The Labute approximate surface area is 262 Å². The summed E-state index contributed by atoms with van der Waals surface area (Å²) >= 11 is 7.60. The molecule has 0 bridgehead atoms. The fraction of sp³-hybridized carbons (Fsp3) is 0.0857. The molecule has 1 aromatic heterocycles. The van der Waals surface area contributed by atoms with Crippen molar-refractivity contribution < 1.29 is 9.53 Å². The number of para-hydroxylation sites is 1. The zero-order chi connectivity index (χ0) is 30.6. The van der Waals surface area contributed by atoms with Crippen LogP contribution < -0.4 is 24.9 Å². The van der Waals surface area contributed by atoms with Crippen molar-refractivity contribution in [1.82, 2.24) is 4.57 Å². The molecule has 216 valence electrons. The van der Waals surface area contributed by atoms with Crippen molar-refractivity contribution in [3.8, 4) is 11.8 Å². The Morgan fingerprint density at radius 2 is 1.75 bits per heavy atom. The third-order valence-corrected chi connectivity index (χ3v) is 8.37. The normalized spacial score (nSPS) is 14.4. The van der Waals surface area contributed by atoms with Gasteiger partial charge in [0.15, 0.2) is 4.80 Å². The molecule has 0 unspecified atom stereocenters. The molecule has 4 aromatic carbocycles. The number of anilines is 1. The van der Waals surface area contributed by atoms with E-state index >= 15 is 0 Å². The highest BCUT2D eigenvalue weighted by Crippen LogP contribution is 2.31. The van der Waals surface area contributed by atoms with E-state index < -0.39 is 6.04 Å². The zero-order valence-corrected chi connectivity index (χ0v) is 25.1. The van der Waals surface area contributed by atoms with Gasteiger partial charge in [-0.3, -0.25) is 14.2 Å². The Hall–Kier alpha value is -5.23. The molecule has 0 aliphatic carbocycles. The second-order valence-corrected chi connectivity index (χ2v) is 11.5. The smallest absolute Gasteiger partial charge is 0.271 e. The lowest BCUT2D eigenvalue weighted by atomic mass is 9.95. The summed E-state index contributed by atoms with van der Waals surface area (Å²) in [4.78, 5) is 33.0. The second kappa shape index (κ2) is 12.6. The van der Waals surface area contributed by atoms with E-state index in [1.807, 2.05) is 72.8 Å². The first kappa shape index (κ1) is 28.9. The molecule has 0 radical (unpaired) electrons. The van der Waals surface area contributed by atoms with Gasteiger partial charge in [-0.1, -0.05) is 83.6 Å². The van der Waals surface area contributed by atoms with Gasteiger partial charge < -0.3 is 10.1 Å². The minimum Gasteiger partial charge on any atom is -0.488 e. The average molecular weight is 617 g/mol. The molecule has 0 fully saturated rings. The largest absolute Gasteiger partial charge is 0.488 e. The van der Waals surface area contributed by atoms with Crippen LogP contribution in [-0.2, 0) is 11.4 Å². The Bertz CT molecular complexity index is 2110. The van der Waals surface area contributed by atoms with Crippen molar-refractivity contribution in [1.29, 1.82) is 5.26 Å². The van der Waals surface area contributed by atoms with Gasteiger partial charge in [-0.15, -0.1) is 0 Å². The maximum atomic E-state index is 14.1. The average Bonchev–Trinajstić information content (AvgIpc) is 3.34. The quantitative estimate of drug-likeness (QED) is 0.243. The topological polar surface area (TPSA) is 96.5 Å². The molecule has 0 spiro atoms. The van der Waals surface area contributed by atoms with Crippen molar-refractivity contribution in [3.05, 3.63) is 161 Å². The summed E-state index contributed by atoms with van der Waals surface area (Å²) in [5.74, 6) is 0.220. The number of rotatable bonds is 7. The van der Waals surface area contributed by atoms with E-state index in [2.05, 4.69) is 11.4 Å². The number of amides is 1. The lowest BCUT2D eigenvalue weighted by Crippen LogP contribution is -2.40. The highest BCUT2D eigenvalue weighted by molar-refractivity contribution is 7.07. The predicted octanol–water partition coefficient (Wildman–Crippen LogP) is 5.98. The molecular weight excluding hydrogens is 592 g/mol. The first-order chi connectivity index (χ1) is 21.4. The zero-order valence-electron chi connectivity index (χ0n) is 23.5. The number of thiazole rings is 1. The Morgan fingerprint density at radius 3 is 2.45 bits per heavy atom. The van der Waals surface area contributed by atoms with Crippen LogP contribution in [0.2, 0.25) is 5.02 Å². The fourth-order valence-electron chi connectivity index (χ4n) is 5.02. The van der Waals surface area contributed by atoms with Crippen molar-refractivity contribution in [2.24, 2.45) is 4.99 Å². The number of nitrogens with zero attached hydrogens (tertiary/aromatic N) is 3. The van der Waals surface area contributed by atoms with Gasteiger partial charge in [0.05, 0.1) is 33.5 Å². The predicted molar refractivity (Wildman–Crippen MR) is 172 cm³/mol. The van der Waals surface area contributed by atoms with Crippen molar-refractivity contribution in [2.75, 3.05) is 5.32 Å². The molecule has 1 atom stereocenters. The van der Waals surface area contributed by atoms with E-state index in [-0.39, 0.29) is 18.1 Å². The number of carbonyl (C=O) groups excluding carboxylic acids is 1. The van der Waals surface area contributed by atoms with Crippen LogP contribution in [0.5, 0.6) is 5.75 Å². The summed E-state index contributed by atoms with van der Waals surface area (Å²) < 4.78 is 8.12. The first-order valence-corrected chi connectivity index (χ1v) is 15.0. The highest BCUT2D eigenvalue weighted by atomic mass is 35.5. The monoisotopic (exact) mass is 616 g/mol. The van der Waals surface area contributed by atoms with Crippen LogP contribution in [0.15, 0.2) is 124 Å². The van der Waals surface area contributed by atoms with Gasteiger partial charge in [-0.05, 0) is 66.6 Å². The molecule has 0 saturated carbocycles. The van der Waals surface area contributed by atoms with Crippen LogP contribution in [0.1, 0.15) is 35.2 Å². The van der Waals surface area contributed by atoms with E-state index in [0.717, 1.165) is 11.1 Å². The standard InChI is InChI=1S/C35H25ClN4O3S/c1-22-31(33(41)39-28-10-6-3-7-11-28)32(25-8-4-2-5-9-25)40-34(42)30(44-35(40)38-22)19-26-18-27(36)16-17-29(26)43-21-24-14-12-23(20-37)13-15-24/h2-19,32H,21H2,1H3,(H,39,41)/b30-19+/t32-/m1/s1. The molecule has 7 nitrogen and oxygen atoms in total. The minimum absolute atomic E-state index is 0.266. The maximum Gasteiger partial charge on any atom is 0.271 e. The number of carbonyl (C=O) groups is 1. The van der Waals surface area contributed by atoms with Crippen molar-refractivity contribution in [3.63, 3.8) is 0 Å². The Morgan fingerprint density at radius 1 is 1.05 bits per heavy atom. The summed E-state index contributed by atoms with van der Waals surface area (Å²) in [5, 5.41) is 12.5. The number of hydrogen-bond donors (Lipinski definition) is 1. The van der Waals surface area contributed by atoms with Crippen LogP contribution in [0.4, 0.5) is 5.69 Å². The number of hydrogen-bond acceptors (Lipinski definition) is 6. The molecule has 0 saturated heterocycles. The maximum absolute atomic E-state index is 14.1. The number of benzene rings is 4. The number of halogens is 1. The minimum atomic E-state index is -0.676. The lowest BCUT2D eigenvalue weighted by Gasteiger charge is -2.25. The number of aromatic nitrogens is 1. The number of fused-ring (bicyclic) bond motifs is 1. The van der Waals surface area contributed by atoms with E-state index in [1.165, 1.54) is 11.3 Å². The molecule has 2 heterocycles. The van der Waals surface area contributed by atoms with Crippen LogP contribution in [0.3, 0.4) is 0 Å². The van der Waals surface area contributed by atoms with E-state index in [0.29, 0.717) is 48.2 Å². The molecule has 1 aliphatic heterocycles. The van der Waals surface area contributed by atoms with Crippen LogP contribution in [0, 0.1) is 11.3 Å². The number of nitrogens with one attached hydrogen (secondary N) is 1. The summed E-state index contributed by atoms with van der Waals surface area (Å²) in [6.45, 7) is 2.06. The van der Waals surface area contributed by atoms with Gasteiger partial charge in [0.1, 0.15) is 12.4 Å². The second-order valence-electron chi connectivity index (χ2n) is 10.1. The number of nitriles is 1. The lowest BCUT2D eigenvalue weighted by molar-refractivity contribution is -0.113. The summed E-state index contributed by atoms with van der Waals surface area (Å²) in [6, 6.07) is 32.5. The van der Waals surface area contributed by atoms with Crippen LogP contribution in [0.25, 0.3) is 6.08 Å². The van der Waals surface area contributed by atoms with Crippen molar-refractivity contribution >= 4 is 40.6 Å². The van der Waals surface area contributed by atoms with E-state index in [1.54, 1.807) is 47.9 Å². The summed E-state index contributed by atoms with van der Waals surface area (Å²) in [7, 11) is 0. The Kier molecular flexibility index (Phi) is 8.24. The number of allylic oxidation sites excluding steroid dienone is 1. The van der Waals surface area contributed by atoms with E-state index in [9.17, 15) is 9.59 Å². The van der Waals surface area contributed by atoms with Gasteiger partial charge in [0, 0.05) is 16.3 Å². The van der Waals surface area contributed by atoms with Gasteiger partial charge in [-0.2, -0.15) is 5.26 Å². The van der Waals surface area contributed by atoms with Gasteiger partial charge in [0.2, 0.25) is 0 Å². The molecule has 6 rings (SSSR count). The van der Waals surface area contributed by atoms with E-state index in [4.69, 9.17) is 26.6 Å². The molecule has 1 N–H and O–H groups in total. The summed E-state index contributed by atoms with van der Waals surface area (Å²) in [6.07, 6.45) is 1.74. The van der Waals surface area contributed by atoms with Gasteiger partial charge in [0.25, 0.3) is 11.5 Å². The Balaban J connectivity index is 1.41. The SMILES string of the molecule is CC1=C(C(=O)Nc2ccccc2)[C@@H](c2ccccc2)n2c(s/c(=C/c3cc(Cl)ccc3OCc3ccc(C#N)cc3)c2=O)=N1. The first-order valence-electron chi connectivity index (χ1n) is 13.8. The molecule has 1 aliphatic rings. The molecule has 5 aromatic rings. The molecule has 9 heteroatoms. The highest BCUT2D eigenvalue weighted by Gasteiger charge is 2.32. The number of ether oxygens (including phenoxy) is 1. The van der Waals surface area contributed by atoms with Gasteiger partial charge in [-0.25, -0.2) is 4.99 Å². The van der Waals surface area contributed by atoms with Gasteiger partial charge >= 0.3 is 0 Å². The van der Waals surface area contributed by atoms with Crippen LogP contribution in [-0.4, -0.2) is 10.5 Å². The third kappa shape index (κ3) is 5.97. The third-order valence-electron chi connectivity index (χ3n) is 7.15. The molecule has 1 amide bonds. The summed E-state index contributed by atoms with van der Waals surface area (Å²) in [5.41, 5.74) is 4.19. The fourth-order valence-corrected chi connectivity index (χ4v) is 6.24. The molecule has 44 heavy (non-hydrogen) atoms.